The molecule has 0 saturated carbocycles. The monoisotopic (exact) mass is 145 g/mol. The van der Waals surface area contributed by atoms with E-state index in [0.717, 1.165) is 7.96 Å². The molecule has 32 valence electrons. The molecule has 0 spiro atoms. The minimum Gasteiger partial charge on any atom is -0.303 e. The average molecular weight is 145 g/mol. The van der Waals surface area contributed by atoms with Crippen molar-refractivity contribution in [2.75, 3.05) is 0 Å². The van der Waals surface area contributed by atoms with Crippen molar-refractivity contribution in [3.63, 3.8) is 0 Å². The molecule has 5 heavy (non-hydrogen) atoms. The molecular weight excluding hydrogens is 138 g/mol. The normalized spacial score (nSPS) is 17.4. The highest BCUT2D eigenvalue weighted by Crippen LogP contribution is 2.59. The van der Waals surface area contributed by atoms with Crippen LogP contribution in [0.3, 0.4) is 0 Å². The van der Waals surface area contributed by atoms with E-state index in [1.54, 1.807) is 0 Å². The number of nitrogens with two attached hydrogens (primary N) is 1. The van der Waals surface area contributed by atoms with E-state index in [2.05, 4.69) is 17.9 Å². The van der Waals surface area contributed by atoms with Gasteiger partial charge in [-0.3, -0.25) is 0 Å². The maximum atomic E-state index is 5.31. The van der Waals surface area contributed by atoms with Crippen LogP contribution in [0.25, 0.3) is 0 Å². The van der Waals surface area contributed by atoms with Gasteiger partial charge < -0.3 is 5.50 Å². The van der Waals surface area contributed by atoms with Crippen molar-refractivity contribution in [3.8, 4) is 0 Å². The van der Waals surface area contributed by atoms with Gasteiger partial charge in [0.25, 0.3) is 0 Å². The summed E-state index contributed by atoms with van der Waals surface area (Å²) >= 11 is 0. The summed E-state index contributed by atoms with van der Waals surface area (Å²) < 4.78 is 0. The number of hydrogen-bond acceptors (Lipinski definition) is 1. The summed E-state index contributed by atoms with van der Waals surface area (Å²) in [7, 11) is 5.82. The summed E-state index contributed by atoms with van der Waals surface area (Å²) in [6.45, 7) is 0. The lowest BCUT2D eigenvalue weighted by Gasteiger charge is -1.92. The Hall–Kier alpha value is 1.68. The van der Waals surface area contributed by atoms with Gasteiger partial charge in [-0.15, -0.1) is 8.93 Å². The standard InChI is InChI=1S/H7NP4/c1-5(3)4-2/h4H,1-3H2. The lowest BCUT2D eigenvalue weighted by molar-refractivity contribution is 2.04. The first kappa shape index (κ1) is 6.68. The molecule has 4 atom stereocenters. The smallest absolute Gasteiger partial charge is 0.00346 e. The molecule has 0 bridgehead atoms. The van der Waals surface area contributed by atoms with Gasteiger partial charge in [-0.1, -0.05) is 16.9 Å². The molecule has 0 rings (SSSR count). The van der Waals surface area contributed by atoms with Gasteiger partial charge in [0.1, 0.15) is 0 Å². The van der Waals surface area contributed by atoms with Gasteiger partial charge in [0.2, 0.25) is 0 Å². The molecule has 0 aromatic rings. The molecule has 1 nitrogen and oxygen atoms in total. The zero-order valence-electron chi connectivity index (χ0n) is 2.68. The Kier molecular flexibility index (Phi) is 5.15. The average Bonchev–Trinajstić information content (AvgIpc) is 1.38. The molecule has 0 aromatic carbocycles. The highest BCUT2D eigenvalue weighted by Gasteiger charge is 1.78. The van der Waals surface area contributed by atoms with Crippen molar-refractivity contribution in [2.24, 2.45) is 5.50 Å². The summed E-state index contributed by atoms with van der Waals surface area (Å²) in [6.07, 6.45) is 0. The SMILES string of the molecule is NP(P)PP. The molecule has 4 unspecified atom stereocenters. The highest BCUT2D eigenvalue weighted by molar-refractivity contribution is 8.60. The van der Waals surface area contributed by atoms with Crippen molar-refractivity contribution < 1.29 is 0 Å². The zero-order chi connectivity index (χ0) is 4.28. The summed E-state index contributed by atoms with van der Waals surface area (Å²) in [5.74, 6) is 0. The third-order valence-corrected chi connectivity index (χ3v) is 8.05. The van der Waals surface area contributed by atoms with Gasteiger partial charge >= 0.3 is 0 Å². The molecule has 5 heteroatoms. The topological polar surface area (TPSA) is 26.0 Å². The van der Waals surface area contributed by atoms with Gasteiger partial charge in [-0.05, 0) is 0 Å². The van der Waals surface area contributed by atoms with Gasteiger partial charge in [0, 0.05) is 7.45 Å². The highest BCUT2D eigenvalue weighted by atomic mass is 32.6. The summed E-state index contributed by atoms with van der Waals surface area (Å²) in [5, 5.41) is 0. The van der Waals surface area contributed by atoms with Crippen molar-refractivity contribution in [2.45, 2.75) is 0 Å². The first-order valence-electron chi connectivity index (χ1n) is 1.03. The lowest BCUT2D eigenvalue weighted by atomic mass is 13.9. The second-order valence-electron chi connectivity index (χ2n) is 0.536. The molecule has 0 heterocycles. The van der Waals surface area contributed by atoms with Gasteiger partial charge in [0.05, 0.1) is 0 Å². The molecule has 0 aliphatic carbocycles. The molecule has 2 N–H and O–H groups in total. The first-order chi connectivity index (χ1) is 2.27. The van der Waals surface area contributed by atoms with Gasteiger partial charge in [0.15, 0.2) is 0 Å². The lowest BCUT2D eigenvalue weighted by Crippen LogP contribution is -1.64. The van der Waals surface area contributed by atoms with E-state index in [-0.39, 0.29) is 7.45 Å². The predicted molar refractivity (Wildman–Crippen MR) is 38.8 cm³/mol. The Morgan fingerprint density at radius 3 is 2.00 bits per heavy atom. The van der Waals surface area contributed by atoms with Crippen LogP contribution in [0.15, 0.2) is 0 Å². The van der Waals surface area contributed by atoms with E-state index in [1.165, 1.54) is 0 Å². The second-order valence-corrected chi connectivity index (χ2v) is 9.47. The Morgan fingerprint density at radius 2 is 2.00 bits per heavy atom. The third-order valence-electron chi connectivity index (χ3n) is 0.149. The van der Waals surface area contributed by atoms with Gasteiger partial charge in [-0.2, -0.15) is 0 Å². The summed E-state index contributed by atoms with van der Waals surface area (Å²) in [4.78, 5) is 0. The van der Waals surface area contributed by atoms with Crippen molar-refractivity contribution in [1.82, 2.24) is 0 Å². The fourth-order valence-corrected chi connectivity index (χ4v) is 0. The first-order valence-corrected chi connectivity index (χ1v) is 7.71. The quantitative estimate of drug-likeness (QED) is 0.556. The van der Waals surface area contributed by atoms with Gasteiger partial charge in [-0.25, -0.2) is 0 Å². The fraction of sp³-hybridized carbons (Fsp3) is 0. The van der Waals surface area contributed by atoms with Crippen LogP contribution < -0.4 is 5.50 Å². The van der Waals surface area contributed by atoms with E-state index in [4.69, 9.17) is 5.50 Å². The van der Waals surface area contributed by atoms with E-state index in [0.29, 0.717) is 0 Å². The van der Waals surface area contributed by atoms with Crippen molar-refractivity contribution in [3.05, 3.63) is 0 Å². The molecule has 0 radical (unpaired) electrons. The summed E-state index contributed by atoms with van der Waals surface area (Å²) in [6, 6.07) is 0. The minimum atomic E-state index is -0.191. The van der Waals surface area contributed by atoms with Crippen LogP contribution in [0.4, 0.5) is 0 Å². The van der Waals surface area contributed by atoms with E-state index in [9.17, 15) is 0 Å². The maximum Gasteiger partial charge on any atom is 0.00346 e. The third kappa shape index (κ3) is 5.68. The maximum absolute atomic E-state index is 5.31. The van der Waals surface area contributed by atoms with Crippen molar-refractivity contribution in [1.29, 1.82) is 0 Å². The minimum absolute atomic E-state index is 0.191. The van der Waals surface area contributed by atoms with Crippen LogP contribution in [0.5, 0.6) is 0 Å². The second kappa shape index (κ2) is 3.86. The molecule has 0 aliphatic rings. The summed E-state index contributed by atoms with van der Waals surface area (Å²) in [5.41, 5.74) is 5.31. The fourth-order valence-electron chi connectivity index (χ4n) is 0. The Morgan fingerprint density at radius 1 is 1.80 bits per heavy atom. The largest absolute Gasteiger partial charge is 0.303 e. The van der Waals surface area contributed by atoms with Crippen LogP contribution in [0, 0.1) is 0 Å². The predicted octanol–water partition coefficient (Wildman–Crippen LogP) is 1.52. The number of hydrogen-bond donors (Lipinski definition) is 1. The molecule has 0 fully saturated rings. The molecule has 0 aromatic heterocycles. The Balaban J connectivity index is 2.54. The van der Waals surface area contributed by atoms with Crippen LogP contribution in [-0.4, -0.2) is 0 Å². The molecule has 0 aliphatic heterocycles. The Labute approximate surface area is 39.5 Å². The number of rotatable bonds is 1. The van der Waals surface area contributed by atoms with E-state index in [1.807, 2.05) is 0 Å². The van der Waals surface area contributed by atoms with Crippen LogP contribution >= 0.6 is 33.3 Å². The van der Waals surface area contributed by atoms with Crippen LogP contribution in [-0.2, 0) is 0 Å². The Bertz CT molecular complexity index is 17.6. The zero-order valence-corrected chi connectivity index (χ0v) is 6.88. The van der Waals surface area contributed by atoms with E-state index >= 15 is 0 Å². The molecule has 0 amide bonds. The van der Waals surface area contributed by atoms with E-state index < -0.39 is 0 Å². The molecule has 0 saturated heterocycles. The van der Waals surface area contributed by atoms with Crippen LogP contribution in [0.2, 0.25) is 0 Å². The van der Waals surface area contributed by atoms with Crippen LogP contribution in [0.1, 0.15) is 0 Å². The van der Waals surface area contributed by atoms with Crippen molar-refractivity contribution >= 4 is 33.3 Å². The molecular formula is H7NP4.